The summed E-state index contributed by atoms with van der Waals surface area (Å²) in [5.74, 6) is 1.76. The monoisotopic (exact) mass is 419 g/mol. The Morgan fingerprint density at radius 2 is 1.97 bits per heavy atom. The fourth-order valence-corrected chi connectivity index (χ4v) is 4.34. The zero-order chi connectivity index (χ0) is 22.0. The van der Waals surface area contributed by atoms with E-state index in [1.807, 2.05) is 65.8 Å². The van der Waals surface area contributed by atoms with Crippen LogP contribution in [0.4, 0.5) is 0 Å². The molecule has 0 bridgehead atoms. The minimum absolute atomic E-state index is 0.00780. The number of amides is 1. The Morgan fingerprint density at radius 3 is 2.71 bits per heavy atom. The topological polar surface area (TPSA) is 67.6 Å². The second kappa shape index (κ2) is 8.94. The second-order valence-electron chi connectivity index (χ2n) is 8.24. The number of nitrogens with zero attached hydrogens (tertiary/aromatic N) is 3. The molecule has 3 aromatic rings. The molecule has 6 heteroatoms. The smallest absolute Gasteiger partial charge is 0.223 e. The highest BCUT2D eigenvalue weighted by Gasteiger charge is 2.33. The van der Waals surface area contributed by atoms with E-state index >= 15 is 0 Å². The molecule has 1 fully saturated rings. The summed E-state index contributed by atoms with van der Waals surface area (Å²) in [6, 6.07) is 13.9. The lowest BCUT2D eigenvalue weighted by atomic mass is 10.1. The van der Waals surface area contributed by atoms with Gasteiger partial charge in [0.25, 0.3) is 0 Å². The molecule has 0 unspecified atom stereocenters. The summed E-state index contributed by atoms with van der Waals surface area (Å²) in [4.78, 5) is 19.0. The number of imidazole rings is 1. The maximum absolute atomic E-state index is 12.4. The average Bonchev–Trinajstić information content (AvgIpc) is 3.29. The van der Waals surface area contributed by atoms with Gasteiger partial charge in [0.1, 0.15) is 24.3 Å². The quantitative estimate of drug-likeness (QED) is 0.567. The van der Waals surface area contributed by atoms with Crippen molar-refractivity contribution in [2.24, 2.45) is 0 Å². The van der Waals surface area contributed by atoms with Crippen LogP contribution in [0.15, 0.2) is 55.1 Å². The van der Waals surface area contributed by atoms with Crippen molar-refractivity contribution in [3.05, 3.63) is 72.1 Å². The first kappa shape index (κ1) is 21.1. The lowest BCUT2D eigenvalue weighted by Gasteiger charge is -2.19. The number of aliphatic hydroxyl groups is 1. The largest absolute Gasteiger partial charge is 0.490 e. The molecule has 1 N–H and O–H groups in total. The number of hydrogen-bond donors (Lipinski definition) is 1. The summed E-state index contributed by atoms with van der Waals surface area (Å²) in [5, 5.41) is 10.8. The van der Waals surface area contributed by atoms with Gasteiger partial charge in [-0.2, -0.15) is 0 Å². The first-order valence-corrected chi connectivity index (χ1v) is 10.7. The summed E-state index contributed by atoms with van der Waals surface area (Å²) in [7, 11) is 0. The number of ether oxygens (including phenoxy) is 1. The summed E-state index contributed by atoms with van der Waals surface area (Å²) in [5.41, 5.74) is 3.92. The van der Waals surface area contributed by atoms with Gasteiger partial charge in [-0.15, -0.1) is 6.58 Å². The van der Waals surface area contributed by atoms with Crippen molar-refractivity contribution in [2.75, 3.05) is 19.7 Å². The van der Waals surface area contributed by atoms with Crippen LogP contribution in [0.2, 0.25) is 0 Å². The highest BCUT2D eigenvalue weighted by molar-refractivity contribution is 5.81. The molecule has 1 aromatic heterocycles. The van der Waals surface area contributed by atoms with Gasteiger partial charge in [-0.1, -0.05) is 36.4 Å². The van der Waals surface area contributed by atoms with Gasteiger partial charge in [-0.3, -0.25) is 4.79 Å². The SMILES string of the molecule is C=CCN1C[C@H](c2nc3ccccc3n2C[C@H](O)COc2c(C)cccc2C)CC1=O. The van der Waals surface area contributed by atoms with E-state index in [9.17, 15) is 9.90 Å². The van der Waals surface area contributed by atoms with E-state index in [0.29, 0.717) is 26.1 Å². The molecule has 162 valence electrons. The highest BCUT2D eigenvalue weighted by Crippen LogP contribution is 2.31. The highest BCUT2D eigenvalue weighted by atomic mass is 16.5. The number of likely N-dealkylation sites (tertiary alicyclic amines) is 1. The Labute approximate surface area is 182 Å². The first-order chi connectivity index (χ1) is 15.0. The van der Waals surface area contributed by atoms with E-state index in [-0.39, 0.29) is 18.4 Å². The molecule has 6 nitrogen and oxygen atoms in total. The number of aliphatic hydroxyl groups excluding tert-OH is 1. The molecular weight excluding hydrogens is 390 g/mol. The van der Waals surface area contributed by atoms with Crippen LogP contribution < -0.4 is 4.74 Å². The van der Waals surface area contributed by atoms with E-state index in [4.69, 9.17) is 9.72 Å². The van der Waals surface area contributed by atoms with E-state index in [1.165, 1.54) is 0 Å². The second-order valence-corrected chi connectivity index (χ2v) is 8.24. The Kier molecular flexibility index (Phi) is 6.09. The van der Waals surface area contributed by atoms with Crippen LogP contribution in [-0.4, -0.2) is 51.3 Å². The van der Waals surface area contributed by atoms with Crippen LogP contribution in [0.3, 0.4) is 0 Å². The van der Waals surface area contributed by atoms with Crippen molar-refractivity contribution in [2.45, 2.75) is 38.8 Å². The van der Waals surface area contributed by atoms with Gasteiger partial charge in [0.05, 0.1) is 17.6 Å². The molecule has 2 aromatic carbocycles. The van der Waals surface area contributed by atoms with E-state index < -0.39 is 6.10 Å². The van der Waals surface area contributed by atoms with Gasteiger partial charge in [-0.05, 0) is 37.1 Å². The van der Waals surface area contributed by atoms with Crippen LogP contribution in [0, 0.1) is 13.8 Å². The average molecular weight is 420 g/mol. The molecule has 1 saturated heterocycles. The number of benzene rings is 2. The number of aromatic nitrogens is 2. The molecule has 1 aliphatic heterocycles. The molecule has 4 rings (SSSR count). The fourth-order valence-electron chi connectivity index (χ4n) is 4.34. The molecule has 2 heterocycles. The lowest BCUT2D eigenvalue weighted by molar-refractivity contribution is -0.127. The maximum atomic E-state index is 12.4. The van der Waals surface area contributed by atoms with Crippen molar-refractivity contribution >= 4 is 16.9 Å². The van der Waals surface area contributed by atoms with Crippen molar-refractivity contribution in [1.29, 1.82) is 0 Å². The van der Waals surface area contributed by atoms with E-state index in [1.54, 1.807) is 6.08 Å². The van der Waals surface area contributed by atoms with Crippen LogP contribution in [0.5, 0.6) is 5.75 Å². The zero-order valence-corrected chi connectivity index (χ0v) is 18.1. The molecule has 1 aliphatic rings. The molecule has 0 radical (unpaired) electrons. The Bertz CT molecular complexity index is 1080. The molecule has 0 spiro atoms. The molecule has 0 saturated carbocycles. The summed E-state index contributed by atoms with van der Waals surface area (Å²) in [6.07, 6.45) is 1.46. The predicted octanol–water partition coefficient (Wildman–Crippen LogP) is 3.59. The van der Waals surface area contributed by atoms with Crippen molar-refractivity contribution in [3.8, 4) is 5.75 Å². The third-order valence-corrected chi connectivity index (χ3v) is 5.84. The van der Waals surface area contributed by atoms with Crippen LogP contribution in [0.1, 0.15) is 29.3 Å². The third kappa shape index (κ3) is 4.35. The number of rotatable bonds is 8. The number of fused-ring (bicyclic) bond motifs is 1. The van der Waals surface area contributed by atoms with E-state index in [0.717, 1.165) is 33.7 Å². The van der Waals surface area contributed by atoms with Crippen LogP contribution in [-0.2, 0) is 11.3 Å². The van der Waals surface area contributed by atoms with E-state index in [2.05, 4.69) is 6.58 Å². The summed E-state index contributed by atoms with van der Waals surface area (Å²) in [6.45, 7) is 9.44. The number of carbonyl (C=O) groups is 1. The zero-order valence-electron chi connectivity index (χ0n) is 18.1. The van der Waals surface area contributed by atoms with Crippen molar-refractivity contribution < 1.29 is 14.6 Å². The van der Waals surface area contributed by atoms with Gasteiger partial charge < -0.3 is 19.3 Å². The summed E-state index contributed by atoms with van der Waals surface area (Å²) >= 11 is 0. The first-order valence-electron chi connectivity index (χ1n) is 10.7. The van der Waals surface area contributed by atoms with Crippen LogP contribution >= 0.6 is 0 Å². The van der Waals surface area contributed by atoms with Gasteiger partial charge in [-0.25, -0.2) is 4.98 Å². The van der Waals surface area contributed by atoms with Gasteiger partial charge >= 0.3 is 0 Å². The number of para-hydroxylation sites is 3. The number of carbonyl (C=O) groups excluding carboxylic acids is 1. The molecule has 2 atom stereocenters. The third-order valence-electron chi connectivity index (χ3n) is 5.84. The maximum Gasteiger partial charge on any atom is 0.223 e. The molecule has 1 amide bonds. The Hall–Kier alpha value is -3.12. The predicted molar refractivity (Wildman–Crippen MR) is 121 cm³/mol. The molecule has 31 heavy (non-hydrogen) atoms. The molecular formula is C25H29N3O3. The minimum Gasteiger partial charge on any atom is -0.490 e. The van der Waals surface area contributed by atoms with Crippen LogP contribution in [0.25, 0.3) is 11.0 Å². The van der Waals surface area contributed by atoms with Gasteiger partial charge in [0, 0.05) is 25.4 Å². The Balaban J connectivity index is 1.56. The number of hydrogen-bond acceptors (Lipinski definition) is 4. The minimum atomic E-state index is -0.711. The number of aryl methyl sites for hydroxylation is 2. The van der Waals surface area contributed by atoms with Crippen molar-refractivity contribution in [3.63, 3.8) is 0 Å². The fraction of sp³-hybridized carbons (Fsp3) is 0.360. The normalized spacial score (nSPS) is 17.3. The molecule has 0 aliphatic carbocycles. The Morgan fingerprint density at radius 1 is 1.23 bits per heavy atom. The lowest BCUT2D eigenvalue weighted by Crippen LogP contribution is -2.27. The summed E-state index contributed by atoms with van der Waals surface area (Å²) < 4.78 is 8.01. The van der Waals surface area contributed by atoms with Crippen molar-refractivity contribution in [1.82, 2.24) is 14.5 Å². The van der Waals surface area contributed by atoms with Gasteiger partial charge in [0.2, 0.25) is 5.91 Å². The standard InChI is InChI=1S/C25H29N3O3/c1-4-12-27-14-19(13-23(27)30)25-26-21-10-5-6-11-22(21)28(25)15-20(29)16-31-24-17(2)8-7-9-18(24)3/h4-11,19-20,29H,1,12-16H2,2-3H3/t19-,20+/m1/s1. The van der Waals surface area contributed by atoms with Gasteiger partial charge in [0.15, 0.2) is 0 Å².